The van der Waals surface area contributed by atoms with E-state index in [1.54, 1.807) is 0 Å². The van der Waals surface area contributed by atoms with Gasteiger partial charge in [-0.15, -0.1) is 0 Å². The maximum Gasteiger partial charge on any atom is 0.407 e. The molecule has 0 spiro atoms. The van der Waals surface area contributed by atoms with Gasteiger partial charge in [0, 0.05) is 6.54 Å². The van der Waals surface area contributed by atoms with E-state index in [2.05, 4.69) is 28.4 Å². The lowest BCUT2D eigenvalue weighted by Crippen LogP contribution is -2.41. The quantitative estimate of drug-likeness (QED) is 0.788. The predicted octanol–water partition coefficient (Wildman–Crippen LogP) is 3.75. The molecule has 0 aromatic heterocycles. The maximum atomic E-state index is 11.6. The van der Waals surface area contributed by atoms with Crippen molar-refractivity contribution < 1.29 is 9.53 Å². The largest absolute Gasteiger partial charge is 0.444 e. The van der Waals surface area contributed by atoms with Crippen LogP contribution >= 0.6 is 0 Å². The van der Waals surface area contributed by atoms with Crippen LogP contribution < -0.4 is 5.32 Å². The number of nitrogens with zero attached hydrogens (tertiary/aromatic N) is 2. The number of piperidine rings is 1. The molecule has 0 atom stereocenters. The summed E-state index contributed by atoms with van der Waals surface area (Å²) in [5.74, 6) is 0. The molecule has 0 bridgehead atoms. The molecule has 1 aliphatic heterocycles. The summed E-state index contributed by atoms with van der Waals surface area (Å²) in [6.45, 7) is 8.99. The Balaban J connectivity index is 1.69. The Bertz CT molecular complexity index is 608. The molecule has 1 amide bonds. The zero-order valence-corrected chi connectivity index (χ0v) is 16.3. The van der Waals surface area contributed by atoms with Crippen molar-refractivity contribution in [3.63, 3.8) is 0 Å². The number of alkyl carbamates (subject to hydrolysis) is 1. The molecule has 5 heteroatoms. The molecule has 1 N–H and O–H groups in total. The first-order valence-corrected chi connectivity index (χ1v) is 9.46. The van der Waals surface area contributed by atoms with Gasteiger partial charge in [-0.2, -0.15) is 5.26 Å². The monoisotopic (exact) mass is 357 g/mol. The van der Waals surface area contributed by atoms with E-state index in [-0.39, 0.29) is 11.5 Å². The lowest BCUT2D eigenvalue weighted by atomic mass is 9.75. The van der Waals surface area contributed by atoms with E-state index < -0.39 is 5.60 Å². The highest BCUT2D eigenvalue weighted by Gasteiger charge is 2.34. The van der Waals surface area contributed by atoms with Crippen LogP contribution in [0.2, 0.25) is 0 Å². The molecule has 0 unspecified atom stereocenters. The second kappa shape index (κ2) is 9.05. The van der Waals surface area contributed by atoms with Crippen LogP contribution in [0.25, 0.3) is 0 Å². The molecule has 1 aliphatic rings. The fourth-order valence-corrected chi connectivity index (χ4v) is 3.33. The first kappa shape index (κ1) is 20.3. The van der Waals surface area contributed by atoms with E-state index in [9.17, 15) is 10.1 Å². The SMILES string of the molecule is CC(C)(C)OC(=O)NCCCN1CCC(C#N)(Cc2ccccc2)CC1. The summed E-state index contributed by atoms with van der Waals surface area (Å²) < 4.78 is 5.23. The molecule has 26 heavy (non-hydrogen) atoms. The minimum absolute atomic E-state index is 0.243. The minimum Gasteiger partial charge on any atom is -0.444 e. The van der Waals surface area contributed by atoms with Crippen molar-refractivity contribution in [2.45, 2.75) is 52.1 Å². The van der Waals surface area contributed by atoms with Gasteiger partial charge in [-0.05, 0) is 71.7 Å². The third kappa shape index (κ3) is 6.68. The Morgan fingerprint density at radius 1 is 1.27 bits per heavy atom. The Morgan fingerprint density at radius 2 is 1.92 bits per heavy atom. The third-order valence-corrected chi connectivity index (χ3v) is 4.76. The number of carbonyl (C=O) groups excluding carboxylic acids is 1. The second-order valence-electron chi connectivity index (χ2n) is 8.18. The van der Waals surface area contributed by atoms with Gasteiger partial charge in [-0.25, -0.2) is 4.79 Å². The van der Waals surface area contributed by atoms with Crippen LogP contribution in [0.3, 0.4) is 0 Å². The van der Waals surface area contributed by atoms with Gasteiger partial charge in [0.05, 0.1) is 11.5 Å². The number of hydrogen-bond acceptors (Lipinski definition) is 4. The lowest BCUT2D eigenvalue weighted by molar-refractivity contribution is 0.0524. The summed E-state index contributed by atoms with van der Waals surface area (Å²) >= 11 is 0. The maximum absolute atomic E-state index is 11.6. The normalized spacial score (nSPS) is 17.3. The van der Waals surface area contributed by atoms with Crippen LogP contribution in [0, 0.1) is 16.7 Å². The molecule has 1 saturated heterocycles. The second-order valence-corrected chi connectivity index (χ2v) is 8.18. The molecule has 1 heterocycles. The van der Waals surface area contributed by atoms with E-state index in [0.29, 0.717) is 6.54 Å². The highest BCUT2D eigenvalue weighted by atomic mass is 16.6. The number of rotatable bonds is 6. The molecule has 1 aromatic rings. The first-order valence-electron chi connectivity index (χ1n) is 9.46. The van der Waals surface area contributed by atoms with Gasteiger partial charge in [0.2, 0.25) is 0 Å². The van der Waals surface area contributed by atoms with Crippen molar-refractivity contribution in [3.05, 3.63) is 35.9 Å². The zero-order chi connectivity index (χ0) is 19.0. The molecule has 0 aliphatic carbocycles. The molecule has 1 aromatic carbocycles. The number of amides is 1. The molecule has 0 radical (unpaired) electrons. The Hall–Kier alpha value is -2.06. The van der Waals surface area contributed by atoms with Crippen LogP contribution in [-0.4, -0.2) is 42.8 Å². The number of benzene rings is 1. The number of hydrogen-bond donors (Lipinski definition) is 1. The van der Waals surface area contributed by atoms with Crippen molar-refractivity contribution in [3.8, 4) is 6.07 Å². The molecule has 5 nitrogen and oxygen atoms in total. The average molecular weight is 357 g/mol. The standard InChI is InChI=1S/C21H31N3O2/c1-20(2,3)26-19(25)23-12-7-13-24-14-10-21(17-22,11-15-24)16-18-8-5-4-6-9-18/h4-6,8-9H,7,10-16H2,1-3H3,(H,23,25). The molecule has 0 saturated carbocycles. The highest BCUT2D eigenvalue weighted by molar-refractivity contribution is 5.67. The minimum atomic E-state index is -0.462. The van der Waals surface area contributed by atoms with Crippen molar-refractivity contribution in [2.24, 2.45) is 5.41 Å². The van der Waals surface area contributed by atoms with E-state index in [1.165, 1.54) is 5.56 Å². The zero-order valence-electron chi connectivity index (χ0n) is 16.3. The summed E-state index contributed by atoms with van der Waals surface area (Å²) in [5.41, 5.74) is 0.534. The lowest BCUT2D eigenvalue weighted by Gasteiger charge is -2.37. The van der Waals surface area contributed by atoms with Gasteiger partial charge in [-0.1, -0.05) is 30.3 Å². The number of nitriles is 1. The van der Waals surface area contributed by atoms with Gasteiger partial charge >= 0.3 is 6.09 Å². The molecular weight excluding hydrogens is 326 g/mol. The van der Waals surface area contributed by atoms with Crippen molar-refractivity contribution in [2.75, 3.05) is 26.2 Å². The van der Waals surface area contributed by atoms with Gasteiger partial charge in [0.15, 0.2) is 0 Å². The van der Waals surface area contributed by atoms with Crippen molar-refractivity contribution in [1.29, 1.82) is 5.26 Å². The van der Waals surface area contributed by atoms with Crippen LogP contribution in [0.1, 0.15) is 45.6 Å². The van der Waals surface area contributed by atoms with Gasteiger partial charge in [-0.3, -0.25) is 0 Å². The van der Waals surface area contributed by atoms with Crippen LogP contribution in [-0.2, 0) is 11.2 Å². The van der Waals surface area contributed by atoms with Crippen LogP contribution in [0.4, 0.5) is 4.79 Å². The third-order valence-electron chi connectivity index (χ3n) is 4.76. The summed E-state index contributed by atoms with van der Waals surface area (Å²) in [4.78, 5) is 14.0. The number of carbonyl (C=O) groups is 1. The van der Waals surface area contributed by atoms with Gasteiger partial charge < -0.3 is 15.0 Å². The van der Waals surface area contributed by atoms with Crippen LogP contribution in [0.5, 0.6) is 0 Å². The fraction of sp³-hybridized carbons (Fsp3) is 0.619. The molecular formula is C21H31N3O2. The fourth-order valence-electron chi connectivity index (χ4n) is 3.33. The smallest absolute Gasteiger partial charge is 0.407 e. The predicted molar refractivity (Wildman–Crippen MR) is 103 cm³/mol. The summed E-state index contributed by atoms with van der Waals surface area (Å²) in [6, 6.07) is 12.9. The van der Waals surface area contributed by atoms with E-state index in [4.69, 9.17) is 4.74 Å². The number of likely N-dealkylation sites (tertiary alicyclic amines) is 1. The molecule has 2 rings (SSSR count). The van der Waals surface area contributed by atoms with E-state index in [1.807, 2.05) is 39.0 Å². The highest BCUT2D eigenvalue weighted by Crippen LogP contribution is 2.34. The summed E-state index contributed by atoms with van der Waals surface area (Å²) in [6.07, 6.45) is 3.16. The Kier molecular flexibility index (Phi) is 7.05. The Labute approximate surface area is 157 Å². The number of ether oxygens (including phenoxy) is 1. The molecule has 1 fully saturated rings. The van der Waals surface area contributed by atoms with E-state index in [0.717, 1.165) is 45.3 Å². The van der Waals surface area contributed by atoms with Crippen LogP contribution in [0.15, 0.2) is 30.3 Å². The van der Waals surface area contributed by atoms with Gasteiger partial charge in [0.25, 0.3) is 0 Å². The summed E-state index contributed by atoms with van der Waals surface area (Å²) in [5, 5.41) is 12.5. The Morgan fingerprint density at radius 3 is 2.50 bits per heavy atom. The summed E-state index contributed by atoms with van der Waals surface area (Å²) in [7, 11) is 0. The van der Waals surface area contributed by atoms with Crippen molar-refractivity contribution in [1.82, 2.24) is 10.2 Å². The number of nitrogens with one attached hydrogen (secondary N) is 1. The topological polar surface area (TPSA) is 65.4 Å². The first-order chi connectivity index (χ1) is 12.3. The van der Waals surface area contributed by atoms with Gasteiger partial charge in [0.1, 0.15) is 5.60 Å². The molecule has 142 valence electrons. The van der Waals surface area contributed by atoms with Crippen molar-refractivity contribution >= 4 is 6.09 Å². The van der Waals surface area contributed by atoms with E-state index >= 15 is 0 Å². The average Bonchev–Trinajstić information content (AvgIpc) is 2.59.